The van der Waals surface area contributed by atoms with E-state index in [2.05, 4.69) is 231 Å². The minimum atomic E-state index is -1.27. The molecule has 0 aliphatic rings. The summed E-state index contributed by atoms with van der Waals surface area (Å²) in [5.74, 6) is 11.0. The molecule has 0 aromatic heterocycles. The molecule has 0 rings (SSSR count). The van der Waals surface area contributed by atoms with Crippen LogP contribution < -0.4 is 0 Å². The van der Waals surface area contributed by atoms with Crippen molar-refractivity contribution in [3.8, 4) is 0 Å². The summed E-state index contributed by atoms with van der Waals surface area (Å²) in [5.41, 5.74) is -1.27. The molecule has 95 heavy (non-hydrogen) atoms. The predicted molar refractivity (Wildman–Crippen MR) is 415 cm³/mol. The molecule has 0 saturated heterocycles. The maximum Gasteiger partial charge on any atom is 0.306 e. The first kappa shape index (κ1) is 101. The van der Waals surface area contributed by atoms with Gasteiger partial charge in [-0.05, 0) is 193 Å². The minimum Gasteiger partial charge on any atom is -0.465 e. The van der Waals surface area contributed by atoms with Crippen LogP contribution in [0.5, 0.6) is 0 Å². The van der Waals surface area contributed by atoms with Crippen LogP contribution in [0, 0.1) is 147 Å². The molecule has 0 saturated carbocycles. The molecule has 0 spiro atoms. The molecule has 572 valence electrons. The molecule has 10 heteroatoms. The van der Waals surface area contributed by atoms with Crippen LogP contribution in [-0.4, -0.2) is 93.0 Å². The van der Waals surface area contributed by atoms with Gasteiger partial charge in [-0.15, -0.1) is 0 Å². The van der Waals surface area contributed by atoms with Gasteiger partial charge < -0.3 is 18.9 Å². The number of rotatable bonds is 50. The summed E-state index contributed by atoms with van der Waals surface area (Å²) < 4.78 is 23.9. The third kappa shape index (κ3) is 49.9. The van der Waals surface area contributed by atoms with Gasteiger partial charge in [0, 0.05) is 51.9 Å². The Bertz CT molecular complexity index is 1620. The van der Waals surface area contributed by atoms with E-state index in [1.54, 1.807) is 0 Å². The Hall–Kier alpha value is -2.20. The molecule has 0 heterocycles. The highest BCUT2D eigenvalue weighted by atomic mass is 16.6. The molecular formula is C85H174N2O8. The Kier molecular flexibility index (Phi) is 57.3. The average Bonchev–Trinajstić information content (AvgIpc) is 0.903. The number of hydrogen-bond donors (Lipinski definition) is 0. The fourth-order valence-electron chi connectivity index (χ4n) is 13.7. The van der Waals surface area contributed by atoms with Gasteiger partial charge in [-0.1, -0.05) is 244 Å². The van der Waals surface area contributed by atoms with Gasteiger partial charge in [0.05, 0.1) is 6.67 Å². The number of esters is 4. The first-order chi connectivity index (χ1) is 42.4. The standard InChI is InChI=1S/C45H84O8.C37H78N2.3CH4/c1-29(2)17-37(33(9)10)21-41(46)50-25-45(26-51-42(47)22-38(34(11)12)18-30(3)4,27-52-43(48)23-39(35(13)14)19-31(5)6)28-53-44(49)24-40(36(15)16)20-32(7)8;1-26(2)17-34(30(9)10)21-38(22-35(31(11)12)18-27(3)4)25-39(23-36(32(13)14)19-28(5)6)24-37(33(15)16)20-29(7)8;;;/h29-40H,17-28H2,1-16H3;26-37H,17-25H2,1-16H3;3*1H4. The van der Waals surface area contributed by atoms with Crippen LogP contribution in [0.25, 0.3) is 0 Å². The molecule has 0 fully saturated rings. The molecule has 0 amide bonds. The Labute approximate surface area is 596 Å². The van der Waals surface area contributed by atoms with E-state index in [0.29, 0.717) is 23.7 Å². The SMILES string of the molecule is C.C.C.CC(C)CC(CC(=O)OCC(COC(=O)CC(CC(C)C)C(C)C)(COC(=O)CC(CC(C)C)C(C)C)COC(=O)CC(CC(C)C)C(C)C)C(C)C.CC(C)CC(CN(CC(CC(C)C)C(C)C)CN(CC(CC(C)C)C(C)C)CC(CC(C)C)C(C)C)C(C)C. The third-order valence-electron chi connectivity index (χ3n) is 20.0. The van der Waals surface area contributed by atoms with Crippen LogP contribution in [-0.2, 0) is 38.1 Å². The van der Waals surface area contributed by atoms with Crippen molar-refractivity contribution in [2.45, 2.75) is 321 Å². The number of nitrogens with zero attached hydrogens (tertiary/aromatic N) is 2. The molecule has 0 aliphatic carbocycles. The van der Waals surface area contributed by atoms with Crippen LogP contribution in [0.4, 0.5) is 0 Å². The van der Waals surface area contributed by atoms with E-state index in [0.717, 1.165) is 103 Å². The highest BCUT2D eigenvalue weighted by Crippen LogP contribution is 2.33. The molecule has 0 N–H and O–H groups in total. The van der Waals surface area contributed by atoms with Crippen molar-refractivity contribution >= 4 is 23.9 Å². The lowest BCUT2D eigenvalue weighted by atomic mass is 9.84. The number of ether oxygens (including phenoxy) is 4. The van der Waals surface area contributed by atoms with Crippen LogP contribution >= 0.6 is 0 Å². The second-order valence-corrected chi connectivity index (χ2v) is 36.2. The van der Waals surface area contributed by atoms with Gasteiger partial charge >= 0.3 is 23.9 Å². The molecule has 0 radical (unpaired) electrons. The van der Waals surface area contributed by atoms with Crippen molar-refractivity contribution in [3.63, 3.8) is 0 Å². The van der Waals surface area contributed by atoms with Gasteiger partial charge in [-0.3, -0.25) is 29.0 Å². The van der Waals surface area contributed by atoms with Crippen molar-refractivity contribution in [1.29, 1.82) is 0 Å². The zero-order valence-corrected chi connectivity index (χ0v) is 67.4. The Balaban J connectivity index is -0.000000575. The quantitative estimate of drug-likeness (QED) is 0.0332. The van der Waals surface area contributed by atoms with Gasteiger partial charge in [0.15, 0.2) is 0 Å². The van der Waals surface area contributed by atoms with Crippen molar-refractivity contribution in [1.82, 2.24) is 9.80 Å². The van der Waals surface area contributed by atoms with Gasteiger partial charge in [-0.25, -0.2) is 0 Å². The van der Waals surface area contributed by atoms with E-state index < -0.39 is 5.41 Å². The second kappa shape index (κ2) is 53.6. The van der Waals surface area contributed by atoms with Crippen LogP contribution in [0.2, 0.25) is 0 Å². The summed E-state index contributed by atoms with van der Waals surface area (Å²) in [6, 6.07) is 0. The minimum absolute atomic E-state index is 0. The van der Waals surface area contributed by atoms with E-state index in [-0.39, 0.29) is 146 Å². The highest BCUT2D eigenvalue weighted by Gasteiger charge is 2.40. The topological polar surface area (TPSA) is 112 Å². The van der Waals surface area contributed by atoms with E-state index in [9.17, 15) is 19.2 Å². The Morgan fingerprint density at radius 2 is 0.379 bits per heavy atom. The summed E-state index contributed by atoms with van der Waals surface area (Å²) in [5, 5.41) is 0. The molecule has 0 aromatic rings. The second-order valence-electron chi connectivity index (χ2n) is 36.2. The van der Waals surface area contributed by atoms with Crippen molar-refractivity contribution in [3.05, 3.63) is 0 Å². The van der Waals surface area contributed by atoms with Gasteiger partial charge in [0.25, 0.3) is 0 Å². The van der Waals surface area contributed by atoms with Gasteiger partial charge in [0.1, 0.15) is 31.8 Å². The van der Waals surface area contributed by atoms with E-state index in [4.69, 9.17) is 18.9 Å². The summed E-state index contributed by atoms with van der Waals surface area (Å²) in [6.07, 6.45) is 9.89. The fourth-order valence-corrected chi connectivity index (χ4v) is 13.7. The van der Waals surface area contributed by atoms with Crippen molar-refractivity contribution in [2.75, 3.05) is 59.3 Å². The lowest BCUT2D eigenvalue weighted by Gasteiger charge is -2.41. The fraction of sp³-hybridized carbons (Fsp3) is 0.953. The lowest BCUT2D eigenvalue weighted by Crippen LogP contribution is -2.48. The molecule has 0 aliphatic heterocycles. The third-order valence-corrected chi connectivity index (χ3v) is 20.0. The van der Waals surface area contributed by atoms with Crippen molar-refractivity contribution in [2.24, 2.45) is 147 Å². The van der Waals surface area contributed by atoms with Crippen LogP contribution in [0.3, 0.4) is 0 Å². The Morgan fingerprint density at radius 1 is 0.242 bits per heavy atom. The number of hydrogen-bond acceptors (Lipinski definition) is 10. The normalized spacial score (nSPS) is 15.5. The summed E-state index contributed by atoms with van der Waals surface area (Å²) in [4.78, 5) is 59.6. The maximum absolute atomic E-state index is 13.4. The monoisotopic (exact) mass is 1350 g/mol. The molecule has 0 bridgehead atoms. The zero-order valence-electron chi connectivity index (χ0n) is 67.4. The first-order valence-electron chi connectivity index (χ1n) is 38.5. The predicted octanol–water partition coefficient (Wildman–Crippen LogP) is 23.7. The molecule has 0 aromatic carbocycles. The number of carbonyl (C=O) groups is 4. The van der Waals surface area contributed by atoms with Crippen LogP contribution in [0.1, 0.15) is 321 Å². The Morgan fingerprint density at radius 3 is 0.505 bits per heavy atom. The van der Waals surface area contributed by atoms with Crippen molar-refractivity contribution < 1.29 is 38.1 Å². The zero-order chi connectivity index (χ0) is 71.5. The smallest absolute Gasteiger partial charge is 0.306 e. The number of carbonyl (C=O) groups excluding carboxylic acids is 4. The van der Waals surface area contributed by atoms with E-state index in [1.165, 1.54) is 51.9 Å². The highest BCUT2D eigenvalue weighted by molar-refractivity contribution is 5.71. The molecule has 8 atom stereocenters. The van der Waals surface area contributed by atoms with E-state index >= 15 is 0 Å². The lowest BCUT2D eigenvalue weighted by molar-refractivity contribution is -0.172. The van der Waals surface area contributed by atoms with Crippen LogP contribution in [0.15, 0.2) is 0 Å². The average molecular weight is 1350 g/mol. The van der Waals surface area contributed by atoms with E-state index in [1.807, 2.05) is 0 Å². The molecule has 8 unspecified atom stereocenters. The largest absolute Gasteiger partial charge is 0.465 e. The molecule has 10 nitrogen and oxygen atoms in total. The van der Waals surface area contributed by atoms with Gasteiger partial charge in [-0.2, -0.15) is 0 Å². The molecular weight excluding hydrogens is 1180 g/mol. The summed E-state index contributed by atoms with van der Waals surface area (Å²) in [6.45, 7) is 78.4. The van der Waals surface area contributed by atoms with Gasteiger partial charge in [0.2, 0.25) is 0 Å². The summed E-state index contributed by atoms with van der Waals surface area (Å²) in [7, 11) is 0. The first-order valence-corrected chi connectivity index (χ1v) is 38.5. The summed E-state index contributed by atoms with van der Waals surface area (Å²) >= 11 is 0. The maximum atomic E-state index is 13.4.